The monoisotopic (exact) mass is 244 g/mol. The number of alkyl halides is 1. The van der Waals surface area contributed by atoms with E-state index in [2.05, 4.69) is 28.1 Å². The zero-order chi connectivity index (χ0) is 8.55. The van der Waals surface area contributed by atoms with Gasteiger partial charge in [0, 0.05) is 9.85 Å². The summed E-state index contributed by atoms with van der Waals surface area (Å²) in [5, 5.41) is 0.847. The first-order valence-corrected chi connectivity index (χ1v) is 5.49. The van der Waals surface area contributed by atoms with Gasteiger partial charge in [0.05, 0.1) is 0 Å². The van der Waals surface area contributed by atoms with Gasteiger partial charge in [-0.1, -0.05) is 33.6 Å². The molecular formula is C10H10BrCl. The van der Waals surface area contributed by atoms with Gasteiger partial charge < -0.3 is 0 Å². The summed E-state index contributed by atoms with van der Waals surface area (Å²) >= 11 is 9.58. The molecule has 0 aliphatic heterocycles. The molecule has 2 rings (SSSR count). The third-order valence-electron chi connectivity index (χ3n) is 2.35. The van der Waals surface area contributed by atoms with E-state index in [-0.39, 0.29) is 0 Å². The largest absolute Gasteiger partial charge is 0.0843 e. The maximum Gasteiger partial charge on any atom is 0.0409 e. The van der Waals surface area contributed by atoms with Crippen molar-refractivity contribution in [2.24, 2.45) is 0 Å². The molecule has 2 heteroatoms. The lowest BCUT2D eigenvalue weighted by atomic mass is 9.92. The molecule has 0 amide bonds. The normalized spacial score (nSPS) is 22.0. The van der Waals surface area contributed by atoms with Crippen LogP contribution in [0.25, 0.3) is 0 Å². The molecule has 0 nitrogen and oxygen atoms in total. The van der Waals surface area contributed by atoms with E-state index in [1.54, 1.807) is 0 Å². The minimum Gasteiger partial charge on any atom is -0.0843 e. The van der Waals surface area contributed by atoms with Crippen molar-refractivity contribution in [1.82, 2.24) is 0 Å². The summed E-state index contributed by atoms with van der Waals surface area (Å²) in [6.07, 6.45) is 3.71. The number of rotatable bonds is 0. The van der Waals surface area contributed by atoms with Crippen LogP contribution in [0.4, 0.5) is 0 Å². The van der Waals surface area contributed by atoms with E-state index >= 15 is 0 Å². The van der Waals surface area contributed by atoms with Gasteiger partial charge >= 0.3 is 0 Å². The molecule has 0 saturated heterocycles. The van der Waals surface area contributed by atoms with Crippen LogP contribution in [-0.2, 0) is 6.42 Å². The summed E-state index contributed by atoms with van der Waals surface area (Å²) in [5.41, 5.74) is 2.83. The van der Waals surface area contributed by atoms with Gasteiger partial charge in [-0.05, 0) is 42.5 Å². The molecule has 0 radical (unpaired) electrons. The molecule has 1 aliphatic carbocycles. The molecule has 1 unspecified atom stereocenters. The number of benzene rings is 1. The van der Waals surface area contributed by atoms with Crippen LogP contribution in [0.3, 0.4) is 0 Å². The number of fused-ring (bicyclic) bond motifs is 1. The summed E-state index contributed by atoms with van der Waals surface area (Å²) in [6, 6.07) is 6.20. The van der Waals surface area contributed by atoms with Crippen molar-refractivity contribution >= 4 is 27.5 Å². The molecule has 0 bridgehead atoms. The lowest BCUT2D eigenvalue weighted by molar-refractivity contribution is 0.681. The maximum atomic E-state index is 5.92. The van der Waals surface area contributed by atoms with Crippen molar-refractivity contribution in [2.75, 3.05) is 0 Å². The highest BCUT2D eigenvalue weighted by Gasteiger charge is 2.17. The van der Waals surface area contributed by atoms with Crippen LogP contribution in [0, 0.1) is 0 Å². The fraction of sp³-hybridized carbons (Fsp3) is 0.400. The van der Waals surface area contributed by atoms with Crippen LogP contribution in [0.1, 0.15) is 28.8 Å². The van der Waals surface area contributed by atoms with E-state index in [9.17, 15) is 0 Å². The van der Waals surface area contributed by atoms with Gasteiger partial charge in [0.2, 0.25) is 0 Å². The first-order chi connectivity index (χ1) is 5.77. The molecule has 0 N–H and O–H groups in total. The van der Waals surface area contributed by atoms with Crippen LogP contribution in [-0.4, -0.2) is 0 Å². The molecule has 1 aromatic rings. The lowest BCUT2D eigenvalue weighted by Gasteiger charge is -2.20. The Bertz CT molecular complexity index is 296. The summed E-state index contributed by atoms with van der Waals surface area (Å²) < 4.78 is 0. The number of aryl methyl sites for hydroxylation is 1. The Labute approximate surface area is 86.1 Å². The molecule has 64 valence electrons. The number of hydrogen-bond acceptors (Lipinski definition) is 0. The molecule has 0 saturated carbocycles. The second kappa shape index (κ2) is 3.39. The lowest BCUT2D eigenvalue weighted by Crippen LogP contribution is -2.04. The standard InChI is InChI=1S/C10H10BrCl/c11-10-3-1-2-7-4-5-8(12)6-9(7)10/h4-6,10H,1-3H2. The minimum absolute atomic E-state index is 0.514. The van der Waals surface area contributed by atoms with Crippen LogP contribution in [0.5, 0.6) is 0 Å². The Morgan fingerprint density at radius 2 is 2.25 bits per heavy atom. The Kier molecular flexibility index (Phi) is 2.42. The highest BCUT2D eigenvalue weighted by Crippen LogP contribution is 2.36. The number of halogens is 2. The second-order valence-electron chi connectivity index (χ2n) is 3.20. The van der Waals surface area contributed by atoms with Gasteiger partial charge in [-0.3, -0.25) is 0 Å². The van der Waals surface area contributed by atoms with E-state index in [1.165, 1.54) is 30.4 Å². The molecule has 0 aromatic heterocycles. The first kappa shape index (κ1) is 8.58. The van der Waals surface area contributed by atoms with Crippen LogP contribution in [0.2, 0.25) is 5.02 Å². The SMILES string of the molecule is Clc1ccc2c(c1)C(Br)CCC2. The van der Waals surface area contributed by atoms with Gasteiger partial charge in [-0.2, -0.15) is 0 Å². The van der Waals surface area contributed by atoms with E-state index in [4.69, 9.17) is 11.6 Å². The Morgan fingerprint density at radius 3 is 3.08 bits per heavy atom. The van der Waals surface area contributed by atoms with Crippen molar-refractivity contribution < 1.29 is 0 Å². The third kappa shape index (κ3) is 1.53. The molecule has 0 heterocycles. The second-order valence-corrected chi connectivity index (χ2v) is 4.74. The zero-order valence-corrected chi connectivity index (χ0v) is 9.03. The predicted octanol–water partition coefficient (Wildman–Crippen LogP) is 4.11. The van der Waals surface area contributed by atoms with Crippen LogP contribution >= 0.6 is 27.5 Å². The van der Waals surface area contributed by atoms with Crippen LogP contribution in [0.15, 0.2) is 18.2 Å². The summed E-state index contributed by atoms with van der Waals surface area (Å²) in [4.78, 5) is 0.514. The molecule has 0 spiro atoms. The van der Waals surface area contributed by atoms with Crippen molar-refractivity contribution in [3.63, 3.8) is 0 Å². The molecule has 12 heavy (non-hydrogen) atoms. The van der Waals surface area contributed by atoms with Crippen molar-refractivity contribution in [1.29, 1.82) is 0 Å². The molecule has 1 aliphatic rings. The van der Waals surface area contributed by atoms with Crippen LogP contribution < -0.4 is 0 Å². The van der Waals surface area contributed by atoms with Gasteiger partial charge in [0.25, 0.3) is 0 Å². The zero-order valence-electron chi connectivity index (χ0n) is 6.69. The van der Waals surface area contributed by atoms with Crippen molar-refractivity contribution in [3.05, 3.63) is 34.3 Å². The minimum atomic E-state index is 0.514. The highest BCUT2D eigenvalue weighted by molar-refractivity contribution is 9.09. The summed E-state index contributed by atoms with van der Waals surface area (Å²) in [6.45, 7) is 0. The Hall–Kier alpha value is -0.0100. The van der Waals surface area contributed by atoms with E-state index in [0.717, 1.165) is 5.02 Å². The summed E-state index contributed by atoms with van der Waals surface area (Å²) in [5.74, 6) is 0. The molecule has 0 fully saturated rings. The molecular weight excluding hydrogens is 235 g/mol. The van der Waals surface area contributed by atoms with E-state index < -0.39 is 0 Å². The quantitative estimate of drug-likeness (QED) is 0.603. The van der Waals surface area contributed by atoms with E-state index in [0.29, 0.717) is 4.83 Å². The topological polar surface area (TPSA) is 0 Å². The molecule has 1 aromatic carbocycles. The first-order valence-electron chi connectivity index (χ1n) is 4.20. The Balaban J connectivity index is 2.47. The molecule has 1 atom stereocenters. The predicted molar refractivity (Wildman–Crippen MR) is 56.1 cm³/mol. The van der Waals surface area contributed by atoms with Crippen molar-refractivity contribution in [2.45, 2.75) is 24.1 Å². The average molecular weight is 246 g/mol. The Morgan fingerprint density at radius 1 is 1.42 bits per heavy atom. The van der Waals surface area contributed by atoms with Gasteiger partial charge in [-0.25, -0.2) is 0 Å². The smallest absolute Gasteiger partial charge is 0.0409 e. The average Bonchev–Trinajstić information content (AvgIpc) is 2.07. The number of hydrogen-bond donors (Lipinski definition) is 0. The van der Waals surface area contributed by atoms with Gasteiger partial charge in [-0.15, -0.1) is 0 Å². The van der Waals surface area contributed by atoms with Crippen molar-refractivity contribution in [3.8, 4) is 0 Å². The van der Waals surface area contributed by atoms with Gasteiger partial charge in [0.15, 0.2) is 0 Å². The van der Waals surface area contributed by atoms with E-state index in [1.807, 2.05) is 6.07 Å². The summed E-state index contributed by atoms with van der Waals surface area (Å²) in [7, 11) is 0. The third-order valence-corrected chi connectivity index (χ3v) is 3.54. The highest BCUT2D eigenvalue weighted by atomic mass is 79.9. The fourth-order valence-corrected chi connectivity index (χ4v) is 2.64. The fourth-order valence-electron chi connectivity index (χ4n) is 1.71. The maximum absolute atomic E-state index is 5.92. The van der Waals surface area contributed by atoms with Gasteiger partial charge in [0.1, 0.15) is 0 Å².